The van der Waals surface area contributed by atoms with Crippen LogP contribution in [0.25, 0.3) is 0 Å². The summed E-state index contributed by atoms with van der Waals surface area (Å²) >= 11 is 10.6. The fraction of sp³-hybridized carbons (Fsp3) is 0.143. The quantitative estimate of drug-likeness (QED) is 0.497. The van der Waals surface area contributed by atoms with Gasteiger partial charge in [0.25, 0.3) is 0 Å². The molecule has 0 aliphatic heterocycles. The highest BCUT2D eigenvalue weighted by molar-refractivity contribution is 7.71. The van der Waals surface area contributed by atoms with Gasteiger partial charge in [-0.25, -0.2) is 0 Å². The smallest absolute Gasteiger partial charge is 0.125 e. The highest BCUT2D eigenvalue weighted by atomic mass is 35.5. The molecule has 0 saturated heterocycles. The predicted molar refractivity (Wildman–Crippen MR) is 46.1 cm³/mol. The van der Waals surface area contributed by atoms with Crippen molar-refractivity contribution < 1.29 is 0 Å². The molecular weight excluding hydrogens is 180 g/mol. The molecule has 0 aliphatic carbocycles. The van der Waals surface area contributed by atoms with Gasteiger partial charge in [0.2, 0.25) is 0 Å². The lowest BCUT2D eigenvalue weighted by molar-refractivity contribution is 1.22. The zero-order chi connectivity index (χ0) is 8.43. The summed E-state index contributed by atoms with van der Waals surface area (Å²) in [6, 6.07) is 3.62. The van der Waals surface area contributed by atoms with Crippen LogP contribution >= 0.6 is 23.8 Å². The van der Waals surface area contributed by atoms with Crippen LogP contribution in [0.2, 0.25) is 5.15 Å². The van der Waals surface area contributed by atoms with Crippen LogP contribution in [0, 0.1) is 22.9 Å². The Kier molecular flexibility index (Phi) is 2.28. The number of nitrogens with one attached hydrogen (secondary N) is 1. The van der Waals surface area contributed by atoms with Crippen molar-refractivity contribution in [2.75, 3.05) is 0 Å². The molecule has 1 rings (SSSR count). The third-order valence-electron chi connectivity index (χ3n) is 1.30. The molecule has 1 N–H and O–H groups in total. The fourth-order valence-corrected chi connectivity index (χ4v) is 1.10. The van der Waals surface area contributed by atoms with Gasteiger partial charge in [0.15, 0.2) is 0 Å². The molecule has 0 saturated carbocycles. The van der Waals surface area contributed by atoms with Gasteiger partial charge in [-0.1, -0.05) is 23.8 Å². The van der Waals surface area contributed by atoms with Crippen molar-refractivity contribution in [3.63, 3.8) is 0 Å². The molecule has 0 aliphatic rings. The molecule has 0 aromatic carbocycles. The largest absolute Gasteiger partial charge is 0.336 e. The average molecular weight is 185 g/mol. The van der Waals surface area contributed by atoms with Crippen LogP contribution in [0.5, 0.6) is 0 Å². The molecule has 1 heterocycles. The second-order valence-electron chi connectivity index (χ2n) is 2.12. The minimum atomic E-state index is 0.308. The number of hydrogen-bond acceptors (Lipinski definition) is 2. The highest BCUT2D eigenvalue weighted by Gasteiger charge is 1.99. The summed E-state index contributed by atoms with van der Waals surface area (Å²) < 4.78 is 0.578. The van der Waals surface area contributed by atoms with Crippen molar-refractivity contribution in [2.24, 2.45) is 0 Å². The van der Waals surface area contributed by atoms with Gasteiger partial charge in [0, 0.05) is 0 Å². The number of rotatable bonds is 0. The van der Waals surface area contributed by atoms with Gasteiger partial charge in [0.05, 0.1) is 5.56 Å². The second-order valence-corrected chi connectivity index (χ2v) is 2.91. The lowest BCUT2D eigenvalue weighted by atomic mass is 10.2. The number of aromatic nitrogens is 1. The number of H-pyrrole nitrogens is 1. The number of halogens is 1. The summed E-state index contributed by atoms with van der Waals surface area (Å²) in [5.41, 5.74) is 1.29. The van der Waals surface area contributed by atoms with E-state index in [0.29, 0.717) is 15.4 Å². The molecule has 0 unspecified atom stereocenters. The van der Waals surface area contributed by atoms with Gasteiger partial charge in [-0.2, -0.15) is 5.26 Å². The molecule has 0 fully saturated rings. The van der Waals surface area contributed by atoms with E-state index < -0.39 is 0 Å². The maximum atomic E-state index is 8.55. The maximum absolute atomic E-state index is 8.55. The first-order valence-corrected chi connectivity index (χ1v) is 3.73. The Morgan fingerprint density at radius 2 is 2.36 bits per heavy atom. The second kappa shape index (κ2) is 3.04. The molecule has 0 spiro atoms. The molecule has 11 heavy (non-hydrogen) atoms. The van der Waals surface area contributed by atoms with Crippen LogP contribution in [0.3, 0.4) is 0 Å². The Labute approximate surface area is 74.4 Å². The normalized spacial score (nSPS) is 9.18. The topological polar surface area (TPSA) is 39.6 Å². The summed E-state index contributed by atoms with van der Waals surface area (Å²) in [6.07, 6.45) is 0. The van der Waals surface area contributed by atoms with Crippen LogP contribution in [-0.2, 0) is 0 Å². The molecule has 4 heteroatoms. The minimum Gasteiger partial charge on any atom is -0.336 e. The highest BCUT2D eigenvalue weighted by Crippen LogP contribution is 2.13. The van der Waals surface area contributed by atoms with Crippen molar-refractivity contribution in [1.29, 1.82) is 5.26 Å². The van der Waals surface area contributed by atoms with Crippen LogP contribution in [-0.4, -0.2) is 4.98 Å². The van der Waals surface area contributed by atoms with Gasteiger partial charge < -0.3 is 4.98 Å². The molecular formula is C7H5ClN2S. The summed E-state index contributed by atoms with van der Waals surface area (Å²) in [4.78, 5) is 2.72. The van der Waals surface area contributed by atoms with E-state index in [2.05, 4.69) is 4.98 Å². The van der Waals surface area contributed by atoms with Gasteiger partial charge in [-0.05, 0) is 18.6 Å². The van der Waals surface area contributed by atoms with Crippen molar-refractivity contribution in [2.45, 2.75) is 6.92 Å². The first-order valence-electron chi connectivity index (χ1n) is 2.94. The van der Waals surface area contributed by atoms with E-state index in [1.54, 1.807) is 6.07 Å². The van der Waals surface area contributed by atoms with Gasteiger partial charge in [-0.3, -0.25) is 0 Å². The van der Waals surface area contributed by atoms with Crippen molar-refractivity contribution in [3.8, 4) is 6.07 Å². The van der Waals surface area contributed by atoms with Gasteiger partial charge in [-0.15, -0.1) is 0 Å². The van der Waals surface area contributed by atoms with Crippen molar-refractivity contribution in [1.82, 2.24) is 4.98 Å². The summed E-state index contributed by atoms with van der Waals surface area (Å²) in [5, 5.41) is 8.85. The Morgan fingerprint density at radius 1 is 1.73 bits per heavy atom. The molecule has 1 aromatic heterocycles. The number of pyridine rings is 1. The molecule has 56 valence electrons. The summed E-state index contributed by atoms with van der Waals surface area (Å²) in [5.74, 6) is 0. The Morgan fingerprint density at radius 3 is 2.91 bits per heavy atom. The number of nitriles is 1. The first kappa shape index (κ1) is 8.25. The minimum absolute atomic E-state index is 0.308. The van der Waals surface area contributed by atoms with Crippen LogP contribution in [0.4, 0.5) is 0 Å². The van der Waals surface area contributed by atoms with E-state index in [4.69, 9.17) is 29.1 Å². The fourth-order valence-electron chi connectivity index (χ4n) is 0.692. The zero-order valence-electron chi connectivity index (χ0n) is 5.81. The predicted octanol–water partition coefficient (Wildman–Crippen LogP) is 2.58. The Hall–Kier alpha value is -0.850. The average Bonchev–Trinajstić information content (AvgIpc) is 1.97. The van der Waals surface area contributed by atoms with E-state index in [-0.39, 0.29) is 0 Å². The third kappa shape index (κ3) is 1.59. The molecule has 0 amide bonds. The summed E-state index contributed by atoms with van der Waals surface area (Å²) in [7, 11) is 0. The molecule has 0 bridgehead atoms. The van der Waals surface area contributed by atoms with Crippen molar-refractivity contribution in [3.05, 3.63) is 27.0 Å². The number of aryl methyl sites for hydroxylation is 1. The maximum Gasteiger partial charge on any atom is 0.125 e. The third-order valence-corrected chi connectivity index (χ3v) is 2.02. The van der Waals surface area contributed by atoms with Gasteiger partial charge in [0.1, 0.15) is 15.9 Å². The molecule has 0 radical (unpaired) electrons. The monoisotopic (exact) mass is 184 g/mol. The molecule has 1 aromatic rings. The lowest BCUT2D eigenvalue weighted by Gasteiger charge is -1.96. The van der Waals surface area contributed by atoms with E-state index in [0.717, 1.165) is 5.56 Å². The zero-order valence-corrected chi connectivity index (χ0v) is 7.38. The Balaban J connectivity index is 3.47. The van der Waals surface area contributed by atoms with Crippen molar-refractivity contribution >= 4 is 23.8 Å². The van der Waals surface area contributed by atoms with Gasteiger partial charge >= 0.3 is 0 Å². The summed E-state index contributed by atoms with van der Waals surface area (Å²) in [6.45, 7) is 1.83. The standard InChI is InChI=1S/C7H5ClN2S/c1-4-2-5(3-9)6(8)10-7(4)11/h2H,1H3,(H,10,11). The van der Waals surface area contributed by atoms with Crippen LogP contribution < -0.4 is 0 Å². The molecule has 2 nitrogen and oxygen atoms in total. The van der Waals surface area contributed by atoms with E-state index >= 15 is 0 Å². The van der Waals surface area contributed by atoms with Crippen LogP contribution in [0.1, 0.15) is 11.1 Å². The number of nitrogens with zero attached hydrogens (tertiary/aromatic N) is 1. The number of hydrogen-bond donors (Lipinski definition) is 1. The lowest BCUT2D eigenvalue weighted by Crippen LogP contribution is -1.86. The first-order chi connectivity index (χ1) is 5.15. The SMILES string of the molecule is Cc1cc(C#N)c(Cl)[nH]c1=S. The van der Waals surface area contributed by atoms with Crippen LogP contribution in [0.15, 0.2) is 6.07 Å². The van der Waals surface area contributed by atoms with E-state index in [1.165, 1.54) is 0 Å². The molecule has 0 atom stereocenters. The Bertz CT molecular complexity index is 375. The van der Waals surface area contributed by atoms with E-state index in [1.807, 2.05) is 13.0 Å². The number of aromatic amines is 1. The van der Waals surface area contributed by atoms with E-state index in [9.17, 15) is 0 Å².